The van der Waals surface area contributed by atoms with Crippen LogP contribution in [0.15, 0.2) is 90.0 Å². The molecule has 0 aliphatic heterocycles. The van der Waals surface area contributed by atoms with Gasteiger partial charge in [-0.2, -0.15) is 5.10 Å². The van der Waals surface area contributed by atoms with Crippen LogP contribution in [0, 0.1) is 6.92 Å². The van der Waals surface area contributed by atoms with Gasteiger partial charge in [-0.25, -0.2) is 10.2 Å². The average molecular weight is 440 g/mol. The van der Waals surface area contributed by atoms with Gasteiger partial charge in [0.2, 0.25) is 0 Å². The highest BCUT2D eigenvalue weighted by molar-refractivity contribution is 5.90. The summed E-state index contributed by atoms with van der Waals surface area (Å²) in [5, 5.41) is 9.10. The first-order chi connectivity index (χ1) is 16.1. The molecule has 0 unspecified atom stereocenters. The number of nitrogens with one attached hydrogen (secondary N) is 2. The average Bonchev–Trinajstić information content (AvgIpc) is 2.84. The number of nitrogens with zero attached hydrogens (tertiary/aromatic N) is 1. The van der Waals surface area contributed by atoms with Crippen molar-refractivity contribution in [3.8, 4) is 11.5 Å². The summed E-state index contributed by atoms with van der Waals surface area (Å²) in [6.07, 6.45) is 1.55. The van der Waals surface area contributed by atoms with E-state index in [1.54, 1.807) is 19.4 Å². The number of hydrogen-bond acceptors (Lipinski definition) is 4. The summed E-state index contributed by atoms with van der Waals surface area (Å²) < 4.78 is 11.5. The number of rotatable bonds is 7. The topological polar surface area (TPSA) is 72.0 Å². The van der Waals surface area contributed by atoms with Crippen molar-refractivity contribution >= 4 is 28.7 Å². The van der Waals surface area contributed by atoms with Crippen LogP contribution in [0.2, 0.25) is 0 Å². The number of carbonyl (C=O) groups excluding carboxylic acids is 1. The molecule has 0 aliphatic carbocycles. The Morgan fingerprint density at radius 1 is 0.909 bits per heavy atom. The number of hydrogen-bond donors (Lipinski definition) is 2. The largest absolute Gasteiger partial charge is 0.493 e. The third-order valence-corrected chi connectivity index (χ3v) is 5.09. The highest BCUT2D eigenvalue weighted by Gasteiger charge is 2.07. The lowest BCUT2D eigenvalue weighted by Gasteiger charge is -2.12. The molecular formula is C27H25N3O3. The Kier molecular flexibility index (Phi) is 6.85. The van der Waals surface area contributed by atoms with Crippen LogP contribution in [-0.4, -0.2) is 19.4 Å². The number of methoxy groups -OCH3 is 1. The minimum atomic E-state index is -0.419. The number of carbonyl (C=O) groups is 1. The normalized spacial score (nSPS) is 10.8. The Hall–Kier alpha value is -4.32. The fraction of sp³-hybridized carbons (Fsp3) is 0.111. The quantitative estimate of drug-likeness (QED) is 0.279. The highest BCUT2D eigenvalue weighted by Crippen LogP contribution is 2.28. The van der Waals surface area contributed by atoms with Crippen LogP contribution >= 0.6 is 0 Å². The second-order valence-corrected chi connectivity index (χ2v) is 7.57. The Morgan fingerprint density at radius 3 is 2.48 bits per heavy atom. The van der Waals surface area contributed by atoms with Gasteiger partial charge in [-0.3, -0.25) is 0 Å². The van der Waals surface area contributed by atoms with Crippen LogP contribution in [0.1, 0.15) is 16.7 Å². The molecule has 0 aromatic heterocycles. The van der Waals surface area contributed by atoms with Crippen molar-refractivity contribution in [2.75, 3.05) is 12.4 Å². The number of aryl methyl sites for hydroxylation is 1. The smallest absolute Gasteiger partial charge is 0.339 e. The van der Waals surface area contributed by atoms with Crippen molar-refractivity contribution in [3.05, 3.63) is 102 Å². The molecule has 0 bridgehead atoms. The predicted molar refractivity (Wildman–Crippen MR) is 132 cm³/mol. The van der Waals surface area contributed by atoms with E-state index in [4.69, 9.17) is 9.47 Å². The van der Waals surface area contributed by atoms with Gasteiger partial charge in [0.15, 0.2) is 11.5 Å². The molecule has 0 aliphatic rings. The zero-order valence-electron chi connectivity index (χ0n) is 18.5. The first-order valence-corrected chi connectivity index (χ1v) is 10.6. The van der Waals surface area contributed by atoms with Gasteiger partial charge in [0.1, 0.15) is 6.61 Å². The minimum absolute atomic E-state index is 0.419. The summed E-state index contributed by atoms with van der Waals surface area (Å²) in [6.45, 7) is 2.41. The van der Waals surface area contributed by atoms with E-state index >= 15 is 0 Å². The number of benzene rings is 4. The third kappa shape index (κ3) is 5.89. The standard InChI is InChI=1S/C27H25N3O3/c1-19-7-12-24(13-8-19)29-27(31)30-28-17-20-10-14-25(26(16-20)32-2)33-18-21-9-11-22-5-3-4-6-23(22)15-21/h3-17H,18H2,1-2H3,(H2,29,30,31)/b28-17-. The number of amides is 2. The molecule has 166 valence electrons. The second-order valence-electron chi connectivity index (χ2n) is 7.57. The summed E-state index contributed by atoms with van der Waals surface area (Å²) in [4.78, 5) is 12.0. The SMILES string of the molecule is COc1cc(/C=N\NC(=O)Nc2ccc(C)cc2)ccc1OCc1ccc2ccccc2c1. The van der Waals surface area contributed by atoms with Crippen molar-refractivity contribution in [1.29, 1.82) is 0 Å². The van der Waals surface area contributed by atoms with Crippen LogP contribution in [0.3, 0.4) is 0 Å². The molecule has 0 heterocycles. The van der Waals surface area contributed by atoms with E-state index in [-0.39, 0.29) is 0 Å². The van der Waals surface area contributed by atoms with Crippen LogP contribution in [-0.2, 0) is 6.61 Å². The predicted octanol–water partition coefficient (Wildman–Crippen LogP) is 5.89. The molecule has 6 heteroatoms. The number of ether oxygens (including phenoxy) is 2. The molecule has 2 amide bonds. The summed E-state index contributed by atoms with van der Waals surface area (Å²) in [7, 11) is 1.59. The van der Waals surface area contributed by atoms with E-state index in [0.717, 1.165) is 16.7 Å². The van der Waals surface area contributed by atoms with Crippen molar-refractivity contribution in [3.63, 3.8) is 0 Å². The van der Waals surface area contributed by atoms with Gasteiger partial charge in [0.25, 0.3) is 0 Å². The lowest BCUT2D eigenvalue weighted by molar-refractivity contribution is 0.252. The fourth-order valence-electron chi connectivity index (χ4n) is 3.33. The van der Waals surface area contributed by atoms with E-state index in [9.17, 15) is 4.79 Å². The second kappa shape index (κ2) is 10.3. The highest BCUT2D eigenvalue weighted by atomic mass is 16.5. The van der Waals surface area contributed by atoms with Gasteiger partial charge in [-0.1, -0.05) is 54.1 Å². The maximum atomic E-state index is 12.0. The van der Waals surface area contributed by atoms with Gasteiger partial charge >= 0.3 is 6.03 Å². The molecular weight excluding hydrogens is 414 g/mol. The lowest BCUT2D eigenvalue weighted by Crippen LogP contribution is -2.24. The first kappa shape index (κ1) is 21.9. The molecule has 4 aromatic carbocycles. The molecule has 6 nitrogen and oxygen atoms in total. The van der Waals surface area contributed by atoms with Crippen LogP contribution < -0.4 is 20.2 Å². The van der Waals surface area contributed by atoms with Gasteiger partial charge < -0.3 is 14.8 Å². The molecule has 2 N–H and O–H groups in total. The van der Waals surface area contributed by atoms with Crippen molar-refractivity contribution in [1.82, 2.24) is 5.43 Å². The number of urea groups is 1. The molecule has 0 atom stereocenters. The molecule has 4 rings (SSSR count). The monoisotopic (exact) mass is 439 g/mol. The Balaban J connectivity index is 1.35. The molecule has 4 aromatic rings. The number of anilines is 1. The number of hydrazone groups is 1. The molecule has 33 heavy (non-hydrogen) atoms. The Morgan fingerprint density at radius 2 is 1.70 bits per heavy atom. The van der Waals surface area contributed by atoms with E-state index in [2.05, 4.69) is 46.2 Å². The molecule has 0 spiro atoms. The Bertz CT molecular complexity index is 1280. The lowest BCUT2D eigenvalue weighted by atomic mass is 10.1. The third-order valence-electron chi connectivity index (χ3n) is 5.09. The van der Waals surface area contributed by atoms with Crippen LogP contribution in [0.4, 0.5) is 10.5 Å². The minimum Gasteiger partial charge on any atom is -0.493 e. The van der Waals surface area contributed by atoms with Crippen LogP contribution in [0.5, 0.6) is 11.5 Å². The van der Waals surface area contributed by atoms with Gasteiger partial charge in [-0.15, -0.1) is 0 Å². The summed E-state index contributed by atoms with van der Waals surface area (Å²) in [5.41, 5.74) is 6.11. The zero-order valence-corrected chi connectivity index (χ0v) is 18.5. The van der Waals surface area contributed by atoms with E-state index in [1.807, 2.05) is 55.5 Å². The maximum Gasteiger partial charge on any atom is 0.339 e. The molecule has 0 radical (unpaired) electrons. The van der Waals surface area contributed by atoms with Crippen molar-refractivity contribution in [2.24, 2.45) is 5.10 Å². The van der Waals surface area contributed by atoms with Gasteiger partial charge in [0, 0.05) is 5.69 Å². The van der Waals surface area contributed by atoms with Crippen LogP contribution in [0.25, 0.3) is 10.8 Å². The first-order valence-electron chi connectivity index (χ1n) is 10.6. The van der Waals surface area contributed by atoms with Gasteiger partial charge in [0.05, 0.1) is 13.3 Å². The molecule has 0 fully saturated rings. The molecule has 0 saturated heterocycles. The maximum absolute atomic E-state index is 12.0. The van der Waals surface area contributed by atoms with E-state index in [1.165, 1.54) is 10.8 Å². The van der Waals surface area contributed by atoms with E-state index in [0.29, 0.717) is 23.8 Å². The number of fused-ring (bicyclic) bond motifs is 1. The van der Waals surface area contributed by atoms with Crippen molar-refractivity contribution in [2.45, 2.75) is 13.5 Å². The molecule has 0 saturated carbocycles. The summed E-state index contributed by atoms with van der Waals surface area (Å²) in [6, 6.07) is 27.1. The van der Waals surface area contributed by atoms with Gasteiger partial charge in [-0.05, 0) is 65.2 Å². The fourth-order valence-corrected chi connectivity index (χ4v) is 3.33. The summed E-state index contributed by atoms with van der Waals surface area (Å²) in [5.74, 6) is 1.22. The van der Waals surface area contributed by atoms with E-state index < -0.39 is 6.03 Å². The zero-order chi connectivity index (χ0) is 23.0. The summed E-state index contributed by atoms with van der Waals surface area (Å²) >= 11 is 0. The Labute approximate surface area is 192 Å². The van der Waals surface area contributed by atoms with Crippen molar-refractivity contribution < 1.29 is 14.3 Å².